The van der Waals surface area contributed by atoms with Crippen molar-refractivity contribution in [2.75, 3.05) is 6.86 Å². The molecule has 1 aromatic rings. The number of hydrogen-bond donors (Lipinski definition) is 0. The molecule has 0 N–H and O–H groups in total. The van der Waals surface area contributed by atoms with Crippen molar-refractivity contribution in [2.24, 2.45) is 0 Å². The Morgan fingerprint density at radius 3 is 3.00 bits per heavy atom. The van der Waals surface area contributed by atoms with E-state index in [-0.39, 0.29) is 5.75 Å². The van der Waals surface area contributed by atoms with Crippen molar-refractivity contribution in [3.05, 3.63) is 21.8 Å². The Balaban J connectivity index is 2.93. The van der Waals surface area contributed by atoms with Crippen LogP contribution in [-0.4, -0.2) is 11.8 Å². The van der Waals surface area contributed by atoms with E-state index in [4.69, 9.17) is 0 Å². The van der Waals surface area contributed by atoms with Gasteiger partial charge in [-0.1, -0.05) is 0 Å². The van der Waals surface area contributed by atoms with Crippen LogP contribution in [0.25, 0.3) is 0 Å². The molecule has 60 valence electrons. The molecule has 0 aliphatic rings. The predicted molar refractivity (Wildman–Crippen MR) is 43.5 cm³/mol. The van der Waals surface area contributed by atoms with Crippen molar-refractivity contribution in [2.45, 2.75) is 0 Å². The summed E-state index contributed by atoms with van der Waals surface area (Å²) in [6, 6.07) is 1.09. The third-order valence-corrected chi connectivity index (χ3v) is 1.79. The van der Waals surface area contributed by atoms with E-state index in [0.717, 1.165) is 12.3 Å². The zero-order valence-electron chi connectivity index (χ0n) is 5.35. The first-order valence-corrected chi connectivity index (χ1v) is 3.81. The van der Waals surface area contributed by atoms with E-state index in [1.165, 1.54) is 0 Å². The van der Waals surface area contributed by atoms with Crippen LogP contribution in [0.4, 0.5) is 8.78 Å². The van der Waals surface area contributed by atoms with Gasteiger partial charge in [-0.3, -0.25) is 0 Å². The van der Waals surface area contributed by atoms with E-state index in [1.807, 2.05) is 22.6 Å². The van der Waals surface area contributed by atoms with Crippen LogP contribution in [0.3, 0.4) is 0 Å². The van der Waals surface area contributed by atoms with E-state index in [2.05, 4.69) is 9.72 Å². The van der Waals surface area contributed by atoms with Gasteiger partial charge in [-0.2, -0.15) is 0 Å². The van der Waals surface area contributed by atoms with Crippen molar-refractivity contribution < 1.29 is 13.5 Å². The van der Waals surface area contributed by atoms with Gasteiger partial charge in [0.25, 0.3) is 0 Å². The van der Waals surface area contributed by atoms with Crippen LogP contribution >= 0.6 is 22.6 Å². The predicted octanol–water partition coefficient (Wildman–Crippen LogP) is 2.13. The van der Waals surface area contributed by atoms with E-state index in [9.17, 15) is 8.78 Å². The third-order valence-electron chi connectivity index (χ3n) is 0.984. The molecule has 0 spiro atoms. The van der Waals surface area contributed by atoms with Gasteiger partial charge in [0.1, 0.15) is 9.52 Å². The number of hydrogen-bond acceptors (Lipinski definition) is 2. The normalized spacial score (nSPS) is 9.73. The summed E-state index contributed by atoms with van der Waals surface area (Å²) >= 11 is 1.83. The highest BCUT2D eigenvalue weighted by Gasteiger charge is 2.02. The van der Waals surface area contributed by atoms with Gasteiger partial charge in [0.2, 0.25) is 6.86 Å². The summed E-state index contributed by atoms with van der Waals surface area (Å²) in [5.74, 6) is -0.401. The molecule has 0 atom stereocenters. The molecule has 2 nitrogen and oxygen atoms in total. The van der Waals surface area contributed by atoms with Crippen LogP contribution < -0.4 is 4.74 Å². The molecule has 0 saturated carbocycles. The number of alkyl halides is 1. The lowest BCUT2D eigenvalue weighted by molar-refractivity contribution is 0.189. The van der Waals surface area contributed by atoms with Crippen molar-refractivity contribution >= 4 is 22.6 Å². The average Bonchev–Trinajstić information content (AvgIpc) is 1.98. The maximum atomic E-state index is 12.4. The summed E-state index contributed by atoms with van der Waals surface area (Å²) in [7, 11) is 0. The molecule has 0 radical (unpaired) electrons. The Kier molecular flexibility index (Phi) is 2.98. The largest absolute Gasteiger partial charge is 0.460 e. The molecule has 0 aliphatic heterocycles. The Morgan fingerprint density at radius 2 is 2.36 bits per heavy atom. The number of halogens is 3. The van der Waals surface area contributed by atoms with Gasteiger partial charge >= 0.3 is 0 Å². The van der Waals surface area contributed by atoms with Crippen LogP contribution in [0.1, 0.15) is 0 Å². The molecule has 1 heterocycles. The summed E-state index contributed by atoms with van der Waals surface area (Å²) in [6.07, 6.45) is 1.05. The first-order valence-electron chi connectivity index (χ1n) is 2.74. The van der Waals surface area contributed by atoms with Gasteiger partial charge < -0.3 is 4.74 Å². The second-order valence-corrected chi connectivity index (χ2v) is 2.72. The molecule has 0 unspecified atom stereocenters. The van der Waals surface area contributed by atoms with Gasteiger partial charge in [-0.15, -0.1) is 0 Å². The number of pyridine rings is 1. The van der Waals surface area contributed by atoms with Gasteiger partial charge in [-0.25, -0.2) is 13.8 Å². The van der Waals surface area contributed by atoms with Crippen LogP contribution in [0.2, 0.25) is 0 Å². The average molecular weight is 271 g/mol. The van der Waals surface area contributed by atoms with E-state index in [0.29, 0.717) is 3.70 Å². The molecule has 1 rings (SSSR count). The standard InChI is InChI=1S/C6H4F2INO/c7-3-11-5-1-4(8)2-10-6(5)9/h1-2H,3H2. The van der Waals surface area contributed by atoms with Crippen molar-refractivity contribution in [3.8, 4) is 5.75 Å². The molecule has 0 amide bonds. The number of ether oxygens (including phenoxy) is 1. The molecule has 1 aromatic heterocycles. The molecule has 0 aliphatic carbocycles. The fourth-order valence-corrected chi connectivity index (χ4v) is 1.01. The highest BCUT2D eigenvalue weighted by Crippen LogP contribution is 2.18. The van der Waals surface area contributed by atoms with Crippen molar-refractivity contribution in [1.82, 2.24) is 4.98 Å². The van der Waals surface area contributed by atoms with Gasteiger partial charge in [0, 0.05) is 6.07 Å². The molecule has 0 saturated heterocycles. The highest BCUT2D eigenvalue weighted by molar-refractivity contribution is 14.1. The monoisotopic (exact) mass is 271 g/mol. The second-order valence-electron chi connectivity index (χ2n) is 1.70. The SMILES string of the molecule is FCOc1cc(F)cnc1I. The van der Waals surface area contributed by atoms with Crippen LogP contribution in [0.15, 0.2) is 12.3 Å². The summed E-state index contributed by atoms with van der Waals surface area (Å²) < 4.78 is 28.9. The summed E-state index contributed by atoms with van der Waals surface area (Å²) in [5, 5.41) is 0. The molecular weight excluding hydrogens is 267 g/mol. The van der Waals surface area contributed by atoms with Gasteiger partial charge in [0.15, 0.2) is 5.75 Å². The number of nitrogens with zero attached hydrogens (tertiary/aromatic N) is 1. The van der Waals surface area contributed by atoms with Crippen LogP contribution in [-0.2, 0) is 0 Å². The van der Waals surface area contributed by atoms with Crippen molar-refractivity contribution in [3.63, 3.8) is 0 Å². The van der Waals surface area contributed by atoms with E-state index < -0.39 is 12.7 Å². The molecule has 5 heteroatoms. The Morgan fingerprint density at radius 1 is 1.64 bits per heavy atom. The van der Waals surface area contributed by atoms with Crippen LogP contribution in [0.5, 0.6) is 5.75 Å². The fourth-order valence-electron chi connectivity index (χ4n) is 0.564. The highest BCUT2D eigenvalue weighted by atomic mass is 127. The summed E-state index contributed by atoms with van der Waals surface area (Å²) in [4.78, 5) is 3.62. The number of aromatic nitrogens is 1. The van der Waals surface area contributed by atoms with Crippen LogP contribution in [0, 0.1) is 9.52 Å². The Hall–Kier alpha value is -0.460. The Labute approximate surface area is 75.7 Å². The Bertz CT molecular complexity index is 256. The molecular formula is C6H4F2INO. The fraction of sp³-hybridized carbons (Fsp3) is 0.167. The van der Waals surface area contributed by atoms with E-state index in [1.54, 1.807) is 0 Å². The molecule has 11 heavy (non-hydrogen) atoms. The lowest BCUT2D eigenvalue weighted by Crippen LogP contribution is -1.95. The van der Waals surface area contributed by atoms with Crippen molar-refractivity contribution in [1.29, 1.82) is 0 Å². The molecule has 0 fully saturated rings. The lowest BCUT2D eigenvalue weighted by atomic mass is 10.4. The smallest absolute Gasteiger partial charge is 0.228 e. The lowest BCUT2D eigenvalue weighted by Gasteiger charge is -2.01. The summed E-state index contributed by atoms with van der Waals surface area (Å²) in [6.45, 7) is -0.971. The minimum absolute atomic E-state index is 0.133. The zero-order valence-corrected chi connectivity index (χ0v) is 7.51. The first kappa shape index (κ1) is 8.63. The summed E-state index contributed by atoms with van der Waals surface area (Å²) in [5.41, 5.74) is 0. The first-order chi connectivity index (χ1) is 5.24. The number of rotatable bonds is 2. The van der Waals surface area contributed by atoms with Gasteiger partial charge in [0.05, 0.1) is 6.20 Å². The topological polar surface area (TPSA) is 22.1 Å². The maximum Gasteiger partial charge on any atom is 0.228 e. The zero-order chi connectivity index (χ0) is 8.27. The maximum absolute atomic E-state index is 12.4. The molecule has 0 aromatic carbocycles. The minimum Gasteiger partial charge on any atom is -0.460 e. The van der Waals surface area contributed by atoms with Gasteiger partial charge in [-0.05, 0) is 22.6 Å². The molecule has 0 bridgehead atoms. The minimum atomic E-state index is -0.971. The quantitative estimate of drug-likeness (QED) is 0.607. The third kappa shape index (κ3) is 2.25. The van der Waals surface area contributed by atoms with E-state index >= 15 is 0 Å². The second kappa shape index (κ2) is 3.80.